The molecular weight excluding hydrogens is 590 g/mol. The van der Waals surface area contributed by atoms with Gasteiger partial charge < -0.3 is 30.3 Å². The van der Waals surface area contributed by atoms with E-state index in [1.54, 1.807) is 0 Å². The first-order chi connectivity index (χ1) is 21.8. The highest BCUT2D eigenvalue weighted by molar-refractivity contribution is 7.80. The number of nitrogens with two attached hydrogens (primary N) is 1. The monoisotopic (exact) mass is 637 g/mol. The lowest BCUT2D eigenvalue weighted by Gasteiger charge is -2.31. The van der Waals surface area contributed by atoms with Crippen LogP contribution in [0.5, 0.6) is 11.5 Å². The van der Waals surface area contributed by atoms with Gasteiger partial charge in [0.05, 0.1) is 25.3 Å². The number of piperidine rings is 1. The maximum absolute atomic E-state index is 13.8. The first-order valence-corrected chi connectivity index (χ1v) is 16.6. The number of anilines is 2. The first-order valence-electron chi connectivity index (χ1n) is 16.2. The zero-order chi connectivity index (χ0) is 32.2. The number of benzene rings is 2. The average Bonchev–Trinajstić information content (AvgIpc) is 3.26. The van der Waals surface area contributed by atoms with Crippen LogP contribution in [0.2, 0.25) is 0 Å². The molecule has 0 aromatic heterocycles. The lowest BCUT2D eigenvalue weighted by molar-refractivity contribution is -0.124. The Bertz CT molecular complexity index is 1280. The lowest BCUT2D eigenvalue weighted by atomic mass is 9.96. The predicted molar refractivity (Wildman–Crippen MR) is 180 cm³/mol. The van der Waals surface area contributed by atoms with E-state index in [1.807, 2.05) is 60.4 Å². The highest BCUT2D eigenvalue weighted by Gasteiger charge is 2.44. The fourth-order valence-corrected chi connectivity index (χ4v) is 6.24. The van der Waals surface area contributed by atoms with E-state index < -0.39 is 6.04 Å². The molecule has 2 heterocycles. The summed E-state index contributed by atoms with van der Waals surface area (Å²) in [4.78, 5) is 44.3. The van der Waals surface area contributed by atoms with Crippen LogP contribution in [0.1, 0.15) is 65.2 Å². The van der Waals surface area contributed by atoms with E-state index in [2.05, 4.69) is 17.1 Å². The third-order valence-electron chi connectivity index (χ3n) is 8.37. The number of ether oxygens (including phenoxy) is 2. The van der Waals surface area contributed by atoms with Crippen LogP contribution >= 0.6 is 12.2 Å². The van der Waals surface area contributed by atoms with E-state index in [-0.39, 0.29) is 30.1 Å². The van der Waals surface area contributed by atoms with Crippen LogP contribution in [0.3, 0.4) is 0 Å². The molecule has 0 radical (unpaired) electrons. The van der Waals surface area contributed by atoms with Gasteiger partial charge in [0.1, 0.15) is 17.5 Å². The molecule has 2 saturated heterocycles. The van der Waals surface area contributed by atoms with Gasteiger partial charge in [0.15, 0.2) is 5.11 Å². The van der Waals surface area contributed by atoms with Crippen molar-refractivity contribution >= 4 is 46.4 Å². The standard InChI is InChI=1S/C34H47N5O5S/c1-3-5-6-7-23-44-29-13-9-26(10-14-29)36-31(40)24-30-33(42)39(27-11-15-28(16-12-27)43-4-2)34(45)38(30)20-8-19-37-21-17-25(18-22-37)32(35)41/h9-16,25,30H,3-8,17-24H2,1-2H3,(H2,35,41)(H,36,40). The predicted octanol–water partition coefficient (Wildman–Crippen LogP) is 4.96. The number of unbranched alkanes of at least 4 members (excludes halogenated alkanes) is 3. The molecule has 0 bridgehead atoms. The van der Waals surface area contributed by atoms with E-state index in [4.69, 9.17) is 27.4 Å². The fourth-order valence-electron chi connectivity index (χ4n) is 5.83. The number of hydrogen-bond donors (Lipinski definition) is 2. The van der Waals surface area contributed by atoms with Crippen molar-refractivity contribution in [2.45, 2.75) is 71.3 Å². The number of thiocarbonyl (C=S) groups is 1. The average molecular weight is 638 g/mol. The second-order valence-electron chi connectivity index (χ2n) is 11.6. The minimum atomic E-state index is -0.726. The van der Waals surface area contributed by atoms with Crippen molar-refractivity contribution in [1.29, 1.82) is 0 Å². The molecule has 45 heavy (non-hydrogen) atoms. The molecule has 2 fully saturated rings. The Balaban J connectivity index is 1.38. The van der Waals surface area contributed by atoms with Crippen molar-refractivity contribution in [3.63, 3.8) is 0 Å². The highest BCUT2D eigenvalue weighted by atomic mass is 32.1. The molecule has 1 unspecified atom stereocenters. The van der Waals surface area contributed by atoms with Gasteiger partial charge in [-0.3, -0.25) is 19.3 Å². The lowest BCUT2D eigenvalue weighted by Crippen LogP contribution is -2.41. The van der Waals surface area contributed by atoms with Crippen LogP contribution in [-0.2, 0) is 14.4 Å². The Kier molecular flexibility index (Phi) is 13.0. The number of amides is 3. The van der Waals surface area contributed by atoms with E-state index >= 15 is 0 Å². The Labute approximate surface area is 272 Å². The Morgan fingerprint density at radius 3 is 2.22 bits per heavy atom. The molecule has 2 aliphatic rings. The van der Waals surface area contributed by atoms with Crippen LogP contribution in [0.25, 0.3) is 0 Å². The molecule has 3 amide bonds. The molecule has 0 spiro atoms. The number of primary amides is 1. The Morgan fingerprint density at radius 2 is 1.58 bits per heavy atom. The van der Waals surface area contributed by atoms with Gasteiger partial charge in [-0.1, -0.05) is 26.2 Å². The molecule has 2 aromatic rings. The van der Waals surface area contributed by atoms with Crippen molar-refractivity contribution in [2.24, 2.45) is 11.7 Å². The summed E-state index contributed by atoms with van der Waals surface area (Å²) in [6, 6.07) is 13.8. The van der Waals surface area contributed by atoms with Crippen LogP contribution < -0.4 is 25.4 Å². The second kappa shape index (κ2) is 17.1. The molecule has 1 atom stereocenters. The molecule has 10 nitrogen and oxygen atoms in total. The molecule has 0 saturated carbocycles. The summed E-state index contributed by atoms with van der Waals surface area (Å²) in [7, 11) is 0. The van der Waals surface area contributed by atoms with Gasteiger partial charge in [0.25, 0.3) is 5.91 Å². The summed E-state index contributed by atoms with van der Waals surface area (Å²) in [6.45, 7) is 8.25. The minimum Gasteiger partial charge on any atom is -0.494 e. The largest absolute Gasteiger partial charge is 0.494 e. The molecule has 2 aliphatic heterocycles. The summed E-state index contributed by atoms with van der Waals surface area (Å²) in [5.74, 6) is 0.685. The SMILES string of the molecule is CCCCCCOc1ccc(NC(=O)CC2C(=O)N(c3ccc(OCC)cc3)C(=S)N2CCCN2CCC(C(N)=O)CC2)cc1. The number of carbonyl (C=O) groups is 3. The van der Waals surface area contributed by atoms with Crippen molar-refractivity contribution in [3.05, 3.63) is 48.5 Å². The number of carbonyl (C=O) groups excluding carboxylic acids is 3. The van der Waals surface area contributed by atoms with E-state index in [0.29, 0.717) is 42.0 Å². The van der Waals surface area contributed by atoms with Gasteiger partial charge in [-0.25, -0.2) is 0 Å². The maximum Gasteiger partial charge on any atom is 0.256 e. The highest BCUT2D eigenvalue weighted by Crippen LogP contribution is 2.29. The van der Waals surface area contributed by atoms with Crippen molar-refractivity contribution in [2.75, 3.05) is 49.6 Å². The van der Waals surface area contributed by atoms with Crippen LogP contribution in [-0.4, -0.2) is 78.1 Å². The van der Waals surface area contributed by atoms with Gasteiger partial charge in [0.2, 0.25) is 11.8 Å². The number of likely N-dealkylation sites (tertiary alicyclic amines) is 1. The smallest absolute Gasteiger partial charge is 0.256 e. The Morgan fingerprint density at radius 1 is 0.911 bits per heavy atom. The number of nitrogens with one attached hydrogen (secondary N) is 1. The van der Waals surface area contributed by atoms with Crippen molar-refractivity contribution in [1.82, 2.24) is 9.80 Å². The molecule has 2 aromatic carbocycles. The molecular formula is C34H47N5O5S. The summed E-state index contributed by atoms with van der Waals surface area (Å²) in [5.41, 5.74) is 6.77. The van der Waals surface area contributed by atoms with Gasteiger partial charge in [-0.05, 0) is 113 Å². The quantitative estimate of drug-likeness (QED) is 0.185. The zero-order valence-electron chi connectivity index (χ0n) is 26.5. The van der Waals surface area contributed by atoms with Gasteiger partial charge >= 0.3 is 0 Å². The summed E-state index contributed by atoms with van der Waals surface area (Å²) < 4.78 is 11.4. The van der Waals surface area contributed by atoms with Crippen LogP contribution in [0.15, 0.2) is 48.5 Å². The minimum absolute atomic E-state index is 0.0355. The Hall–Kier alpha value is -3.70. The van der Waals surface area contributed by atoms with E-state index in [0.717, 1.165) is 57.5 Å². The van der Waals surface area contributed by atoms with Crippen molar-refractivity contribution in [3.8, 4) is 11.5 Å². The third kappa shape index (κ3) is 9.64. The molecule has 3 N–H and O–H groups in total. The normalized spacial score (nSPS) is 17.5. The van der Waals surface area contributed by atoms with Gasteiger partial charge in [-0.15, -0.1) is 0 Å². The topological polar surface area (TPSA) is 117 Å². The number of nitrogens with zero attached hydrogens (tertiary/aromatic N) is 3. The third-order valence-corrected chi connectivity index (χ3v) is 8.79. The van der Waals surface area contributed by atoms with E-state index in [9.17, 15) is 14.4 Å². The van der Waals surface area contributed by atoms with Crippen LogP contribution in [0.4, 0.5) is 11.4 Å². The maximum atomic E-state index is 13.8. The summed E-state index contributed by atoms with van der Waals surface area (Å²) in [5, 5.41) is 3.32. The van der Waals surface area contributed by atoms with Gasteiger partial charge in [-0.2, -0.15) is 0 Å². The van der Waals surface area contributed by atoms with Gasteiger partial charge in [0, 0.05) is 18.2 Å². The van der Waals surface area contributed by atoms with Crippen LogP contribution in [0, 0.1) is 5.92 Å². The second-order valence-corrected chi connectivity index (χ2v) is 12.0. The molecule has 244 valence electrons. The molecule has 11 heteroatoms. The molecule has 4 rings (SSSR count). The van der Waals surface area contributed by atoms with Crippen molar-refractivity contribution < 1.29 is 23.9 Å². The summed E-state index contributed by atoms with van der Waals surface area (Å²) >= 11 is 5.84. The molecule has 0 aliphatic carbocycles. The fraction of sp³-hybridized carbons (Fsp3) is 0.529. The zero-order valence-corrected chi connectivity index (χ0v) is 27.4. The summed E-state index contributed by atoms with van der Waals surface area (Å²) in [6.07, 6.45) is 6.79. The first kappa shape index (κ1) is 34.2. The van der Waals surface area contributed by atoms with E-state index in [1.165, 1.54) is 17.7 Å². The number of rotatable bonds is 17. The number of hydrogen-bond acceptors (Lipinski definition) is 7.